The number of fused-ring (bicyclic) bond motifs is 1. The fourth-order valence-electron chi connectivity index (χ4n) is 4.91. The second kappa shape index (κ2) is 14.1. The van der Waals surface area contributed by atoms with E-state index in [-0.39, 0.29) is 46.4 Å². The van der Waals surface area contributed by atoms with E-state index < -0.39 is 28.5 Å². The van der Waals surface area contributed by atoms with Crippen molar-refractivity contribution in [3.05, 3.63) is 106 Å². The molecule has 1 aliphatic rings. The molecule has 0 fully saturated rings. The third-order valence-electron chi connectivity index (χ3n) is 7.00. The molecule has 4 aromatic rings. The Kier molecular flexibility index (Phi) is 9.92. The number of halogens is 1. The number of carbonyl (C=O) groups is 2. The van der Waals surface area contributed by atoms with E-state index in [2.05, 4.69) is 9.73 Å². The van der Waals surface area contributed by atoms with Gasteiger partial charge in [0.1, 0.15) is 16.5 Å². The van der Waals surface area contributed by atoms with E-state index in [1.54, 1.807) is 57.2 Å². The number of nitro benzene ring substituents is 1. The zero-order chi connectivity index (χ0) is 33.8. The number of carbonyl (C=O) groups excluding carboxylic acids is 2. The highest BCUT2D eigenvalue weighted by Crippen LogP contribution is 2.37. The van der Waals surface area contributed by atoms with Gasteiger partial charge in [0.05, 0.1) is 47.1 Å². The third kappa shape index (κ3) is 6.83. The van der Waals surface area contributed by atoms with Crippen molar-refractivity contribution in [3.8, 4) is 22.8 Å². The molecular weight excluding hydrogens is 654 g/mol. The van der Waals surface area contributed by atoms with Crippen LogP contribution >= 0.6 is 22.9 Å². The Balaban J connectivity index is 1.61. The van der Waals surface area contributed by atoms with Crippen LogP contribution in [-0.4, -0.2) is 48.4 Å². The second-order valence-corrected chi connectivity index (χ2v) is 11.3. The smallest absolute Gasteiger partial charge is 0.343 e. The number of ether oxygens (including phenoxy) is 4. The molecule has 244 valence electrons. The number of hydrogen-bond acceptors (Lipinski definition) is 12. The highest BCUT2D eigenvalue weighted by atomic mass is 35.5. The number of esters is 2. The van der Waals surface area contributed by atoms with Gasteiger partial charge in [0.2, 0.25) is 0 Å². The number of nitro groups is 1. The Morgan fingerprint density at radius 1 is 1.11 bits per heavy atom. The summed E-state index contributed by atoms with van der Waals surface area (Å²) in [4.78, 5) is 54.7. The van der Waals surface area contributed by atoms with Crippen LogP contribution in [0.2, 0.25) is 5.02 Å². The van der Waals surface area contributed by atoms with Gasteiger partial charge >= 0.3 is 11.9 Å². The fourth-order valence-corrected chi connectivity index (χ4v) is 6.12. The van der Waals surface area contributed by atoms with E-state index in [1.165, 1.54) is 29.9 Å². The number of methoxy groups -OCH3 is 1. The molecule has 0 unspecified atom stereocenters. The zero-order valence-corrected chi connectivity index (χ0v) is 27.2. The van der Waals surface area contributed by atoms with E-state index in [9.17, 15) is 24.5 Å². The highest BCUT2D eigenvalue weighted by molar-refractivity contribution is 7.07. The first-order valence-electron chi connectivity index (χ1n) is 14.3. The summed E-state index contributed by atoms with van der Waals surface area (Å²) in [5, 5.41) is 11.3. The van der Waals surface area contributed by atoms with Crippen molar-refractivity contribution in [1.82, 2.24) is 4.57 Å². The predicted octanol–water partition coefficient (Wildman–Crippen LogP) is 4.57. The van der Waals surface area contributed by atoms with Crippen LogP contribution in [0, 0.1) is 10.1 Å². The molecule has 5 rings (SSSR count). The van der Waals surface area contributed by atoms with Crippen molar-refractivity contribution in [2.24, 2.45) is 4.99 Å². The van der Waals surface area contributed by atoms with Crippen molar-refractivity contribution in [3.63, 3.8) is 0 Å². The summed E-state index contributed by atoms with van der Waals surface area (Å²) in [6.45, 7) is 5.16. The van der Waals surface area contributed by atoms with E-state index in [4.69, 9.17) is 30.2 Å². The number of benzene rings is 2. The molecular formula is C32H28ClN3O10S. The van der Waals surface area contributed by atoms with Crippen molar-refractivity contribution in [2.45, 2.75) is 26.8 Å². The van der Waals surface area contributed by atoms with E-state index >= 15 is 0 Å². The molecule has 0 radical (unpaired) electrons. The van der Waals surface area contributed by atoms with Gasteiger partial charge < -0.3 is 23.4 Å². The lowest BCUT2D eigenvalue weighted by Gasteiger charge is -2.25. The van der Waals surface area contributed by atoms with E-state index in [0.29, 0.717) is 38.9 Å². The highest BCUT2D eigenvalue weighted by Gasteiger charge is 2.34. The van der Waals surface area contributed by atoms with Gasteiger partial charge in [0.25, 0.3) is 11.2 Å². The minimum Gasteiger partial charge on any atom is -0.490 e. The number of allylic oxidation sites excluding steroid dienone is 1. The van der Waals surface area contributed by atoms with Gasteiger partial charge in [-0.15, -0.1) is 0 Å². The van der Waals surface area contributed by atoms with Crippen LogP contribution in [0.1, 0.15) is 38.1 Å². The lowest BCUT2D eigenvalue weighted by molar-refractivity contribution is -0.384. The maximum absolute atomic E-state index is 14.0. The number of nitrogens with zero attached hydrogens (tertiary/aromatic N) is 3. The average Bonchev–Trinajstić information content (AvgIpc) is 3.63. The molecule has 0 saturated carbocycles. The molecule has 13 nitrogen and oxygen atoms in total. The van der Waals surface area contributed by atoms with Crippen LogP contribution in [0.3, 0.4) is 0 Å². The maximum atomic E-state index is 14.0. The van der Waals surface area contributed by atoms with Gasteiger partial charge in [-0.2, -0.15) is 0 Å². The predicted molar refractivity (Wildman–Crippen MR) is 171 cm³/mol. The molecule has 47 heavy (non-hydrogen) atoms. The number of furan rings is 1. The fraction of sp³-hybridized carbons (Fsp3) is 0.250. The largest absolute Gasteiger partial charge is 0.490 e. The summed E-state index contributed by atoms with van der Waals surface area (Å²) in [6, 6.07) is 11.5. The second-order valence-electron chi connectivity index (χ2n) is 9.93. The van der Waals surface area contributed by atoms with Crippen LogP contribution in [0.25, 0.3) is 17.4 Å². The molecule has 0 spiro atoms. The Labute approximate surface area is 276 Å². The zero-order valence-electron chi connectivity index (χ0n) is 25.6. The summed E-state index contributed by atoms with van der Waals surface area (Å²) in [5.74, 6) is -0.00726. The quantitative estimate of drug-likeness (QED) is 0.125. The number of thiazole rings is 1. The lowest BCUT2D eigenvalue weighted by atomic mass is 9.95. The number of aromatic nitrogens is 1. The minimum atomic E-state index is -0.942. The van der Waals surface area contributed by atoms with Gasteiger partial charge in [-0.25, -0.2) is 14.6 Å². The Bertz CT molecular complexity index is 2100. The topological polar surface area (TPSA) is 162 Å². The minimum absolute atomic E-state index is 0.00425. The molecule has 15 heteroatoms. The molecule has 0 aliphatic carbocycles. The van der Waals surface area contributed by atoms with Gasteiger partial charge in [-0.3, -0.25) is 19.5 Å². The van der Waals surface area contributed by atoms with E-state index in [0.717, 1.165) is 11.3 Å². The Morgan fingerprint density at radius 3 is 2.60 bits per heavy atom. The average molecular weight is 682 g/mol. The molecule has 0 bridgehead atoms. The molecule has 1 aliphatic heterocycles. The molecule has 0 saturated heterocycles. The molecule has 3 heterocycles. The first-order valence-corrected chi connectivity index (χ1v) is 15.5. The number of rotatable bonds is 11. The summed E-state index contributed by atoms with van der Waals surface area (Å²) < 4.78 is 29.0. The van der Waals surface area contributed by atoms with Gasteiger partial charge in [0, 0.05) is 17.7 Å². The maximum Gasteiger partial charge on any atom is 0.343 e. The Hall–Kier alpha value is -5.21. The number of hydrogen-bond donors (Lipinski definition) is 0. The van der Waals surface area contributed by atoms with Crippen LogP contribution in [-0.2, 0) is 19.1 Å². The van der Waals surface area contributed by atoms with Crippen LogP contribution in [0.5, 0.6) is 11.5 Å². The summed E-state index contributed by atoms with van der Waals surface area (Å²) in [6.07, 6.45) is 1.54. The SMILES string of the molecule is CCOC(=O)C1=C(C)N=c2s/c(=C/c3ccc(-c4ccc(Cl)c([N+](=O)[O-])c4)o3)c(=O)n2[C@@H]1c1ccc(OCC(=O)OC)c(OCC)c1. The normalized spacial score (nSPS) is 14.3. The molecule has 2 aromatic carbocycles. The third-order valence-corrected chi connectivity index (χ3v) is 8.30. The van der Waals surface area contributed by atoms with Gasteiger partial charge in [-0.1, -0.05) is 29.0 Å². The monoisotopic (exact) mass is 681 g/mol. The van der Waals surface area contributed by atoms with Crippen molar-refractivity contribution < 1.29 is 37.9 Å². The first-order chi connectivity index (χ1) is 22.6. The van der Waals surface area contributed by atoms with Crippen LogP contribution in [0.4, 0.5) is 5.69 Å². The first kappa shape index (κ1) is 33.2. The molecule has 2 aromatic heterocycles. The van der Waals surface area contributed by atoms with Crippen LogP contribution in [0.15, 0.2) is 74.0 Å². The van der Waals surface area contributed by atoms with Gasteiger partial charge in [0.15, 0.2) is 22.9 Å². The molecule has 1 atom stereocenters. The Morgan fingerprint density at radius 2 is 1.89 bits per heavy atom. The summed E-state index contributed by atoms with van der Waals surface area (Å²) in [5.41, 5.74) is 0.765. The van der Waals surface area contributed by atoms with Crippen molar-refractivity contribution in [1.29, 1.82) is 0 Å². The van der Waals surface area contributed by atoms with Gasteiger partial charge in [-0.05, 0) is 62.7 Å². The van der Waals surface area contributed by atoms with Crippen molar-refractivity contribution >= 4 is 46.6 Å². The summed E-state index contributed by atoms with van der Waals surface area (Å²) in [7, 11) is 1.25. The molecule has 0 amide bonds. The lowest BCUT2D eigenvalue weighted by Crippen LogP contribution is -2.40. The standard InChI is InChI=1S/C32H28ClN3O10S/c1-5-43-25-14-19(8-11-24(25)45-16-27(37)42-4)29-28(31(39)44-6-2)17(3)34-32-35(29)30(38)26(47-32)15-20-9-12-23(46-20)18-7-10-21(33)22(13-18)36(40)41/h7-15,29H,5-6,16H2,1-4H3/b26-15+/t29-/m1/s1. The van der Waals surface area contributed by atoms with E-state index in [1.807, 2.05) is 0 Å². The summed E-state index contributed by atoms with van der Waals surface area (Å²) >= 11 is 7.05. The molecule has 0 N–H and O–H groups in total. The van der Waals surface area contributed by atoms with Crippen molar-refractivity contribution in [2.75, 3.05) is 26.9 Å². The van der Waals surface area contributed by atoms with Crippen LogP contribution < -0.4 is 24.4 Å².